The first-order valence-corrected chi connectivity index (χ1v) is 5.37. The van der Waals surface area contributed by atoms with Crippen molar-refractivity contribution in [3.05, 3.63) is 28.3 Å². The van der Waals surface area contributed by atoms with Crippen LogP contribution < -0.4 is 10.1 Å². The lowest BCUT2D eigenvalue weighted by Crippen LogP contribution is -2.16. The van der Waals surface area contributed by atoms with Gasteiger partial charge in [-0.25, -0.2) is 0 Å². The highest BCUT2D eigenvalue weighted by molar-refractivity contribution is 6.02. The van der Waals surface area contributed by atoms with Gasteiger partial charge in [-0.3, -0.25) is 19.7 Å². The SMILES string of the molecule is CCOc1ccc(NC(=O)CC(=O)O)c([N+](=O)[O-])c1. The summed E-state index contributed by atoms with van der Waals surface area (Å²) in [5, 5.41) is 21.5. The Labute approximate surface area is 108 Å². The molecule has 8 heteroatoms. The van der Waals surface area contributed by atoms with E-state index >= 15 is 0 Å². The van der Waals surface area contributed by atoms with E-state index in [4.69, 9.17) is 9.84 Å². The molecule has 0 aliphatic heterocycles. The summed E-state index contributed by atoms with van der Waals surface area (Å²) in [6.07, 6.45) is -0.760. The number of carbonyl (C=O) groups is 2. The number of anilines is 1. The highest BCUT2D eigenvalue weighted by Gasteiger charge is 2.18. The van der Waals surface area contributed by atoms with Gasteiger partial charge in [-0.15, -0.1) is 0 Å². The molecule has 0 atom stereocenters. The van der Waals surface area contributed by atoms with Crippen molar-refractivity contribution >= 4 is 23.3 Å². The highest BCUT2D eigenvalue weighted by atomic mass is 16.6. The zero-order chi connectivity index (χ0) is 14.4. The van der Waals surface area contributed by atoms with Crippen molar-refractivity contribution in [1.82, 2.24) is 0 Å². The van der Waals surface area contributed by atoms with Crippen LogP contribution in [0.15, 0.2) is 18.2 Å². The van der Waals surface area contributed by atoms with Gasteiger partial charge in [0.2, 0.25) is 5.91 Å². The number of ether oxygens (including phenoxy) is 1. The first-order chi connectivity index (χ1) is 8.93. The van der Waals surface area contributed by atoms with Gasteiger partial charge in [0.05, 0.1) is 17.6 Å². The maximum Gasteiger partial charge on any atom is 0.312 e. The summed E-state index contributed by atoms with van der Waals surface area (Å²) in [6.45, 7) is 2.08. The van der Waals surface area contributed by atoms with Gasteiger partial charge in [-0.2, -0.15) is 0 Å². The van der Waals surface area contributed by atoms with Gasteiger partial charge in [-0.05, 0) is 19.1 Å². The molecule has 102 valence electrons. The van der Waals surface area contributed by atoms with Gasteiger partial charge in [-0.1, -0.05) is 0 Å². The normalized spacial score (nSPS) is 9.74. The zero-order valence-electron chi connectivity index (χ0n) is 10.1. The van der Waals surface area contributed by atoms with Crippen LogP contribution in [0.1, 0.15) is 13.3 Å². The molecule has 1 aromatic carbocycles. The third kappa shape index (κ3) is 4.26. The number of rotatable bonds is 6. The second-order valence-corrected chi connectivity index (χ2v) is 3.49. The minimum absolute atomic E-state index is 0.0697. The van der Waals surface area contributed by atoms with E-state index in [1.807, 2.05) is 0 Å². The lowest BCUT2D eigenvalue weighted by molar-refractivity contribution is -0.384. The molecule has 0 saturated carbocycles. The van der Waals surface area contributed by atoms with Gasteiger partial charge in [0.25, 0.3) is 5.69 Å². The Morgan fingerprint density at radius 2 is 2.16 bits per heavy atom. The molecule has 1 amide bonds. The van der Waals surface area contributed by atoms with Crippen molar-refractivity contribution in [2.75, 3.05) is 11.9 Å². The van der Waals surface area contributed by atoms with E-state index in [2.05, 4.69) is 5.32 Å². The monoisotopic (exact) mass is 268 g/mol. The van der Waals surface area contributed by atoms with E-state index in [0.29, 0.717) is 12.4 Å². The first-order valence-electron chi connectivity index (χ1n) is 5.37. The Morgan fingerprint density at radius 3 is 2.68 bits per heavy atom. The van der Waals surface area contributed by atoms with E-state index in [1.54, 1.807) is 6.92 Å². The molecule has 0 saturated heterocycles. The van der Waals surface area contributed by atoms with E-state index < -0.39 is 23.2 Å². The fourth-order valence-electron chi connectivity index (χ4n) is 1.36. The maximum absolute atomic E-state index is 11.3. The van der Waals surface area contributed by atoms with Crippen LogP contribution in [-0.4, -0.2) is 28.5 Å². The summed E-state index contributed by atoms with van der Waals surface area (Å²) in [7, 11) is 0. The number of hydrogen-bond donors (Lipinski definition) is 2. The smallest absolute Gasteiger partial charge is 0.312 e. The Bertz CT molecular complexity index is 514. The Hall–Kier alpha value is -2.64. The minimum atomic E-state index is -1.31. The van der Waals surface area contributed by atoms with Crippen molar-refractivity contribution < 1.29 is 24.4 Å². The van der Waals surface area contributed by atoms with Crippen LogP contribution in [0.25, 0.3) is 0 Å². The van der Waals surface area contributed by atoms with Gasteiger partial charge < -0.3 is 15.2 Å². The molecular formula is C11H12N2O6. The number of nitro benzene ring substituents is 1. The Balaban J connectivity index is 2.96. The third-order valence-corrected chi connectivity index (χ3v) is 2.06. The van der Waals surface area contributed by atoms with E-state index in [1.165, 1.54) is 18.2 Å². The highest BCUT2D eigenvalue weighted by Crippen LogP contribution is 2.29. The fraction of sp³-hybridized carbons (Fsp3) is 0.273. The number of carboxylic acids is 1. The summed E-state index contributed by atoms with van der Waals surface area (Å²) in [5.41, 5.74) is -0.426. The average Bonchev–Trinajstić information content (AvgIpc) is 2.30. The zero-order valence-corrected chi connectivity index (χ0v) is 10.1. The van der Waals surface area contributed by atoms with Crippen LogP contribution in [0.3, 0.4) is 0 Å². The maximum atomic E-state index is 11.3. The molecule has 1 rings (SSSR count). The van der Waals surface area contributed by atoms with Crippen LogP contribution >= 0.6 is 0 Å². The molecule has 1 aromatic rings. The van der Waals surface area contributed by atoms with Crippen molar-refractivity contribution in [2.45, 2.75) is 13.3 Å². The first kappa shape index (κ1) is 14.4. The molecule has 0 aromatic heterocycles. The van der Waals surface area contributed by atoms with Crippen molar-refractivity contribution in [1.29, 1.82) is 0 Å². The van der Waals surface area contributed by atoms with E-state index in [0.717, 1.165) is 0 Å². The van der Waals surface area contributed by atoms with Crippen LogP contribution in [0.5, 0.6) is 5.75 Å². The molecule has 0 heterocycles. The molecule has 0 fully saturated rings. The minimum Gasteiger partial charge on any atom is -0.494 e. The predicted molar refractivity (Wildman–Crippen MR) is 65.1 cm³/mol. The van der Waals surface area contributed by atoms with Gasteiger partial charge in [0, 0.05) is 0 Å². The van der Waals surface area contributed by atoms with Crippen molar-refractivity contribution in [2.24, 2.45) is 0 Å². The number of amides is 1. The Morgan fingerprint density at radius 1 is 1.47 bits per heavy atom. The van der Waals surface area contributed by atoms with Crippen molar-refractivity contribution in [3.8, 4) is 5.75 Å². The molecule has 0 unspecified atom stereocenters. The lowest BCUT2D eigenvalue weighted by Gasteiger charge is -2.07. The topological polar surface area (TPSA) is 119 Å². The van der Waals surface area contributed by atoms with Gasteiger partial charge in [0.15, 0.2) is 0 Å². The molecule has 2 N–H and O–H groups in total. The molecule has 0 aliphatic carbocycles. The second-order valence-electron chi connectivity index (χ2n) is 3.49. The van der Waals surface area contributed by atoms with Gasteiger partial charge in [0.1, 0.15) is 17.9 Å². The largest absolute Gasteiger partial charge is 0.494 e. The standard InChI is InChI=1S/C11H12N2O6/c1-2-19-7-3-4-8(9(5-7)13(17)18)12-10(14)6-11(15)16/h3-5H,2,6H2,1H3,(H,12,14)(H,15,16). The number of carboxylic acid groups (broad SMARTS) is 1. The van der Waals surface area contributed by atoms with Crippen LogP contribution in [0.4, 0.5) is 11.4 Å². The number of carbonyl (C=O) groups excluding carboxylic acids is 1. The summed E-state index contributed by atoms with van der Waals surface area (Å²) in [6, 6.07) is 3.91. The van der Waals surface area contributed by atoms with Gasteiger partial charge >= 0.3 is 5.97 Å². The van der Waals surface area contributed by atoms with Crippen LogP contribution in [0.2, 0.25) is 0 Å². The summed E-state index contributed by atoms with van der Waals surface area (Å²) < 4.78 is 5.11. The lowest BCUT2D eigenvalue weighted by atomic mass is 10.2. The Kier molecular flexibility index (Phi) is 4.81. The number of aliphatic carboxylic acids is 1. The predicted octanol–water partition coefficient (Wildman–Crippen LogP) is 1.41. The van der Waals surface area contributed by atoms with E-state index in [9.17, 15) is 19.7 Å². The summed E-state index contributed by atoms with van der Waals surface area (Å²) in [5.74, 6) is -1.85. The number of nitro groups is 1. The van der Waals surface area contributed by atoms with Crippen molar-refractivity contribution in [3.63, 3.8) is 0 Å². The second kappa shape index (κ2) is 6.34. The van der Waals surface area contributed by atoms with E-state index in [-0.39, 0.29) is 11.4 Å². The number of nitrogens with one attached hydrogen (secondary N) is 1. The molecule has 0 aliphatic rings. The molecule has 19 heavy (non-hydrogen) atoms. The average molecular weight is 268 g/mol. The summed E-state index contributed by atoms with van der Waals surface area (Å²) >= 11 is 0. The molecule has 8 nitrogen and oxygen atoms in total. The van der Waals surface area contributed by atoms with Crippen LogP contribution in [-0.2, 0) is 9.59 Å². The molecule has 0 spiro atoms. The van der Waals surface area contributed by atoms with Crippen LogP contribution in [0, 0.1) is 10.1 Å². The third-order valence-electron chi connectivity index (χ3n) is 2.06. The quantitative estimate of drug-likeness (QED) is 0.457. The number of benzene rings is 1. The molecular weight excluding hydrogens is 256 g/mol. The molecule has 0 radical (unpaired) electrons. The molecule has 0 bridgehead atoms. The number of hydrogen-bond acceptors (Lipinski definition) is 5. The number of nitrogens with zero attached hydrogens (tertiary/aromatic N) is 1. The fourth-order valence-corrected chi connectivity index (χ4v) is 1.36. The summed E-state index contributed by atoms with van der Waals surface area (Å²) in [4.78, 5) is 31.8.